The predicted octanol–water partition coefficient (Wildman–Crippen LogP) is 4.27. The molecule has 0 aliphatic rings. The molecular formula is C17H14BrNO2. The van der Waals surface area contributed by atoms with Crippen LogP contribution in [0.3, 0.4) is 0 Å². The first-order valence-corrected chi connectivity index (χ1v) is 7.37. The van der Waals surface area contributed by atoms with Gasteiger partial charge in [0.1, 0.15) is 12.0 Å². The van der Waals surface area contributed by atoms with Crippen molar-refractivity contribution in [2.24, 2.45) is 0 Å². The summed E-state index contributed by atoms with van der Waals surface area (Å²) in [4.78, 5) is 10.9. The Kier molecular flexibility index (Phi) is 3.80. The van der Waals surface area contributed by atoms with Crippen molar-refractivity contribution in [1.29, 1.82) is 0 Å². The van der Waals surface area contributed by atoms with Gasteiger partial charge in [-0.2, -0.15) is 0 Å². The summed E-state index contributed by atoms with van der Waals surface area (Å²) < 4.78 is 8.32. The van der Waals surface area contributed by atoms with Gasteiger partial charge in [-0.1, -0.05) is 18.2 Å². The van der Waals surface area contributed by atoms with Crippen LogP contribution in [0.1, 0.15) is 15.9 Å². The van der Waals surface area contributed by atoms with Crippen molar-refractivity contribution < 1.29 is 9.53 Å². The second kappa shape index (κ2) is 5.74. The van der Waals surface area contributed by atoms with Crippen LogP contribution in [0.2, 0.25) is 0 Å². The van der Waals surface area contributed by atoms with Gasteiger partial charge in [-0.15, -0.1) is 0 Å². The molecule has 1 aromatic heterocycles. The number of ether oxygens (including phenoxy) is 1. The largest absolute Gasteiger partial charge is 0.496 e. The lowest BCUT2D eigenvalue weighted by Gasteiger charge is -2.09. The number of fused-ring (bicyclic) bond motifs is 1. The van der Waals surface area contributed by atoms with Crippen LogP contribution >= 0.6 is 15.9 Å². The van der Waals surface area contributed by atoms with E-state index >= 15 is 0 Å². The standard InChI is InChI=1S/C17H14BrNO2/c1-21-17-5-3-12(8-15(17)18)10-19-7-6-14-4-2-13(11-20)9-16(14)19/h2-9,11H,10H2,1H3. The molecule has 2 aromatic carbocycles. The summed E-state index contributed by atoms with van der Waals surface area (Å²) in [6.45, 7) is 0.744. The van der Waals surface area contributed by atoms with Gasteiger partial charge >= 0.3 is 0 Å². The molecule has 21 heavy (non-hydrogen) atoms. The average molecular weight is 344 g/mol. The van der Waals surface area contributed by atoms with Crippen molar-refractivity contribution in [3.63, 3.8) is 0 Å². The van der Waals surface area contributed by atoms with E-state index in [0.717, 1.165) is 39.5 Å². The van der Waals surface area contributed by atoms with E-state index in [1.54, 1.807) is 7.11 Å². The zero-order valence-electron chi connectivity index (χ0n) is 11.5. The molecule has 1 heterocycles. The average Bonchev–Trinajstić information content (AvgIpc) is 2.90. The molecule has 0 unspecified atom stereocenters. The fourth-order valence-electron chi connectivity index (χ4n) is 2.42. The van der Waals surface area contributed by atoms with Crippen LogP contribution in [-0.4, -0.2) is 18.0 Å². The summed E-state index contributed by atoms with van der Waals surface area (Å²) in [5.41, 5.74) is 2.92. The van der Waals surface area contributed by atoms with Crippen molar-refractivity contribution in [1.82, 2.24) is 4.57 Å². The van der Waals surface area contributed by atoms with Gasteiger partial charge in [0.15, 0.2) is 0 Å². The van der Waals surface area contributed by atoms with Gasteiger partial charge in [0.25, 0.3) is 0 Å². The Hall–Kier alpha value is -2.07. The lowest BCUT2D eigenvalue weighted by Crippen LogP contribution is -1.98. The van der Waals surface area contributed by atoms with Crippen LogP contribution in [0.5, 0.6) is 5.75 Å². The summed E-state index contributed by atoms with van der Waals surface area (Å²) in [7, 11) is 1.65. The molecule has 0 bridgehead atoms. The number of halogens is 1. The van der Waals surface area contributed by atoms with Crippen molar-refractivity contribution >= 4 is 33.1 Å². The Morgan fingerprint density at radius 1 is 1.19 bits per heavy atom. The maximum Gasteiger partial charge on any atom is 0.150 e. The zero-order valence-corrected chi connectivity index (χ0v) is 13.1. The molecule has 4 heteroatoms. The molecule has 3 aromatic rings. The molecule has 0 saturated heterocycles. The van der Waals surface area contributed by atoms with Gasteiger partial charge in [0.05, 0.1) is 11.6 Å². The van der Waals surface area contributed by atoms with Crippen LogP contribution in [0.4, 0.5) is 0 Å². The Balaban J connectivity index is 1.97. The fraction of sp³-hybridized carbons (Fsp3) is 0.118. The first-order chi connectivity index (χ1) is 10.2. The smallest absolute Gasteiger partial charge is 0.150 e. The maximum atomic E-state index is 10.9. The fourth-order valence-corrected chi connectivity index (χ4v) is 3.01. The van der Waals surface area contributed by atoms with Gasteiger partial charge in [-0.3, -0.25) is 4.79 Å². The Morgan fingerprint density at radius 2 is 2.05 bits per heavy atom. The van der Waals surface area contributed by atoms with E-state index in [9.17, 15) is 4.79 Å². The highest BCUT2D eigenvalue weighted by molar-refractivity contribution is 9.10. The first-order valence-electron chi connectivity index (χ1n) is 6.58. The quantitative estimate of drug-likeness (QED) is 0.662. The molecule has 0 spiro atoms. The minimum atomic E-state index is 0.693. The third-order valence-electron chi connectivity index (χ3n) is 3.50. The third kappa shape index (κ3) is 2.72. The van der Waals surface area contributed by atoms with E-state index in [1.807, 2.05) is 42.6 Å². The van der Waals surface area contributed by atoms with Gasteiger partial charge in [-0.25, -0.2) is 0 Å². The highest BCUT2D eigenvalue weighted by atomic mass is 79.9. The lowest BCUT2D eigenvalue weighted by molar-refractivity contribution is 0.112. The second-order valence-electron chi connectivity index (χ2n) is 4.85. The number of hydrogen-bond donors (Lipinski definition) is 0. The van der Waals surface area contributed by atoms with E-state index in [1.165, 1.54) is 0 Å². The molecule has 0 saturated carbocycles. The molecule has 0 radical (unpaired) electrons. The first kappa shape index (κ1) is 13.9. The van der Waals surface area contributed by atoms with Crippen molar-refractivity contribution in [2.45, 2.75) is 6.54 Å². The second-order valence-corrected chi connectivity index (χ2v) is 5.70. The summed E-state index contributed by atoms with van der Waals surface area (Å²) in [6, 6.07) is 13.8. The van der Waals surface area contributed by atoms with E-state index in [0.29, 0.717) is 5.56 Å². The van der Waals surface area contributed by atoms with Crippen LogP contribution in [-0.2, 0) is 6.54 Å². The van der Waals surface area contributed by atoms with Crippen molar-refractivity contribution in [3.8, 4) is 5.75 Å². The Morgan fingerprint density at radius 3 is 2.76 bits per heavy atom. The molecule has 0 amide bonds. The maximum absolute atomic E-state index is 10.9. The summed E-state index contributed by atoms with van der Waals surface area (Å²) in [5.74, 6) is 0.819. The van der Waals surface area contributed by atoms with Gasteiger partial charge in [0, 0.05) is 23.8 Å². The summed E-state index contributed by atoms with van der Waals surface area (Å²) in [6.07, 6.45) is 2.91. The van der Waals surface area contributed by atoms with E-state index in [-0.39, 0.29) is 0 Å². The summed E-state index contributed by atoms with van der Waals surface area (Å²) in [5, 5.41) is 1.13. The number of aromatic nitrogens is 1. The Labute approximate surface area is 131 Å². The van der Waals surface area contributed by atoms with E-state index < -0.39 is 0 Å². The third-order valence-corrected chi connectivity index (χ3v) is 4.12. The minimum Gasteiger partial charge on any atom is -0.496 e. The number of carbonyl (C=O) groups excluding carboxylic acids is 1. The predicted molar refractivity (Wildman–Crippen MR) is 87.1 cm³/mol. The Bertz CT molecular complexity index is 808. The van der Waals surface area contributed by atoms with Gasteiger partial charge < -0.3 is 9.30 Å². The van der Waals surface area contributed by atoms with Crippen LogP contribution in [0.25, 0.3) is 10.9 Å². The molecule has 0 N–H and O–H groups in total. The van der Waals surface area contributed by atoms with E-state index in [4.69, 9.17) is 4.74 Å². The number of aldehydes is 1. The van der Waals surface area contributed by atoms with E-state index in [2.05, 4.69) is 26.6 Å². The van der Waals surface area contributed by atoms with Crippen LogP contribution < -0.4 is 4.74 Å². The van der Waals surface area contributed by atoms with Crippen molar-refractivity contribution in [3.05, 3.63) is 64.3 Å². The monoisotopic (exact) mass is 343 g/mol. The highest BCUT2D eigenvalue weighted by Crippen LogP contribution is 2.26. The minimum absolute atomic E-state index is 0.693. The van der Waals surface area contributed by atoms with Gasteiger partial charge in [-0.05, 0) is 51.1 Å². The van der Waals surface area contributed by atoms with Crippen LogP contribution in [0.15, 0.2) is 53.1 Å². The molecule has 106 valence electrons. The van der Waals surface area contributed by atoms with Crippen molar-refractivity contribution in [2.75, 3.05) is 7.11 Å². The molecule has 3 rings (SSSR count). The molecule has 0 fully saturated rings. The molecule has 0 aliphatic heterocycles. The number of carbonyl (C=O) groups is 1. The lowest BCUT2D eigenvalue weighted by atomic mass is 10.2. The zero-order chi connectivity index (χ0) is 14.8. The number of hydrogen-bond acceptors (Lipinski definition) is 2. The topological polar surface area (TPSA) is 31.2 Å². The molecule has 3 nitrogen and oxygen atoms in total. The number of benzene rings is 2. The highest BCUT2D eigenvalue weighted by Gasteiger charge is 2.05. The molecule has 0 aliphatic carbocycles. The normalized spacial score (nSPS) is 10.8. The number of rotatable bonds is 4. The van der Waals surface area contributed by atoms with Crippen LogP contribution in [0, 0.1) is 0 Å². The van der Waals surface area contributed by atoms with Gasteiger partial charge in [0.2, 0.25) is 0 Å². The summed E-state index contributed by atoms with van der Waals surface area (Å²) >= 11 is 3.50. The molecular weight excluding hydrogens is 330 g/mol. The SMILES string of the molecule is COc1ccc(Cn2ccc3ccc(C=O)cc32)cc1Br. The number of nitrogens with zero attached hydrogens (tertiary/aromatic N) is 1. The molecule has 0 atom stereocenters. The number of methoxy groups -OCH3 is 1.